The molecule has 3 heterocycles. The number of amides is 1. The predicted molar refractivity (Wildman–Crippen MR) is 102 cm³/mol. The summed E-state index contributed by atoms with van der Waals surface area (Å²) in [4.78, 5) is 21.3. The van der Waals surface area contributed by atoms with Gasteiger partial charge in [0.15, 0.2) is 11.9 Å². The molecule has 1 amide bonds. The average molecular weight is 386 g/mol. The van der Waals surface area contributed by atoms with Gasteiger partial charge in [-0.25, -0.2) is 0 Å². The van der Waals surface area contributed by atoms with Crippen molar-refractivity contribution >= 4 is 11.6 Å². The van der Waals surface area contributed by atoms with Crippen LogP contribution in [-0.2, 0) is 22.5 Å². The van der Waals surface area contributed by atoms with Crippen LogP contribution >= 0.6 is 0 Å². The molecule has 8 nitrogen and oxygen atoms in total. The molecule has 2 aliphatic rings. The monoisotopic (exact) mass is 386 g/mol. The van der Waals surface area contributed by atoms with Crippen LogP contribution in [0.1, 0.15) is 25.6 Å². The summed E-state index contributed by atoms with van der Waals surface area (Å²) in [6.45, 7) is 7.46. The predicted octanol–water partition coefficient (Wildman–Crippen LogP) is 1.89. The lowest BCUT2D eigenvalue weighted by atomic mass is 10.1. The van der Waals surface area contributed by atoms with Crippen molar-refractivity contribution in [3.63, 3.8) is 0 Å². The van der Waals surface area contributed by atoms with Crippen molar-refractivity contribution in [2.75, 3.05) is 37.7 Å². The molecule has 1 aromatic carbocycles. The fourth-order valence-corrected chi connectivity index (χ4v) is 3.54. The van der Waals surface area contributed by atoms with Crippen LogP contribution in [0.2, 0.25) is 0 Å². The maximum absolute atomic E-state index is 13.0. The van der Waals surface area contributed by atoms with Gasteiger partial charge in [-0.2, -0.15) is 4.98 Å². The second kappa shape index (κ2) is 8.18. The molecule has 0 saturated carbocycles. The second-order valence-electron chi connectivity index (χ2n) is 7.59. The Kier molecular flexibility index (Phi) is 5.47. The SMILES string of the molecule is CC(C)Cc1noc(CN2CC(C(=O)N3CCOCC3)Oc3ccccc32)n1. The van der Waals surface area contributed by atoms with E-state index in [1.807, 2.05) is 29.2 Å². The van der Waals surface area contributed by atoms with Crippen molar-refractivity contribution in [3.05, 3.63) is 36.0 Å². The molecule has 4 rings (SSSR count). The molecule has 1 saturated heterocycles. The van der Waals surface area contributed by atoms with Gasteiger partial charge in [0.2, 0.25) is 5.89 Å². The van der Waals surface area contributed by atoms with Gasteiger partial charge in [0.05, 0.1) is 32.0 Å². The topological polar surface area (TPSA) is 80.9 Å². The van der Waals surface area contributed by atoms with Gasteiger partial charge in [-0.15, -0.1) is 0 Å². The van der Waals surface area contributed by atoms with Crippen LogP contribution in [-0.4, -0.2) is 59.9 Å². The Morgan fingerprint density at radius 2 is 2.04 bits per heavy atom. The van der Waals surface area contributed by atoms with Crippen LogP contribution in [0.25, 0.3) is 0 Å². The van der Waals surface area contributed by atoms with Crippen molar-refractivity contribution in [2.24, 2.45) is 5.92 Å². The van der Waals surface area contributed by atoms with Gasteiger partial charge in [0, 0.05) is 19.5 Å². The highest BCUT2D eigenvalue weighted by molar-refractivity contribution is 5.83. The number of aromatic nitrogens is 2. The lowest BCUT2D eigenvalue weighted by Crippen LogP contribution is -2.52. The van der Waals surface area contributed by atoms with Crippen molar-refractivity contribution in [3.8, 4) is 5.75 Å². The van der Waals surface area contributed by atoms with Crippen LogP contribution < -0.4 is 9.64 Å². The first-order chi connectivity index (χ1) is 13.6. The van der Waals surface area contributed by atoms with Crippen molar-refractivity contribution in [1.82, 2.24) is 15.0 Å². The van der Waals surface area contributed by atoms with Gasteiger partial charge in [-0.05, 0) is 18.1 Å². The number of para-hydroxylation sites is 2. The number of fused-ring (bicyclic) bond motifs is 1. The largest absolute Gasteiger partial charge is 0.477 e. The molecule has 0 bridgehead atoms. The highest BCUT2D eigenvalue weighted by atomic mass is 16.5. The average Bonchev–Trinajstić information content (AvgIpc) is 3.14. The first-order valence-corrected chi connectivity index (χ1v) is 9.79. The van der Waals surface area contributed by atoms with Gasteiger partial charge in [0.25, 0.3) is 5.91 Å². The number of hydrogen-bond acceptors (Lipinski definition) is 7. The van der Waals surface area contributed by atoms with E-state index in [4.69, 9.17) is 14.0 Å². The van der Waals surface area contributed by atoms with Gasteiger partial charge in [-0.3, -0.25) is 4.79 Å². The number of ether oxygens (including phenoxy) is 2. The Bertz CT molecular complexity index is 816. The first kappa shape index (κ1) is 18.7. The zero-order valence-corrected chi connectivity index (χ0v) is 16.3. The highest BCUT2D eigenvalue weighted by Crippen LogP contribution is 2.34. The number of carbonyl (C=O) groups excluding carboxylic acids is 1. The summed E-state index contributed by atoms with van der Waals surface area (Å²) in [7, 11) is 0. The molecule has 0 radical (unpaired) electrons. The Morgan fingerprint density at radius 3 is 2.82 bits per heavy atom. The molecule has 2 aromatic rings. The summed E-state index contributed by atoms with van der Waals surface area (Å²) in [5.74, 6) is 2.42. The molecular weight excluding hydrogens is 360 g/mol. The molecule has 1 fully saturated rings. The van der Waals surface area contributed by atoms with Crippen LogP contribution in [0.3, 0.4) is 0 Å². The number of carbonyl (C=O) groups is 1. The molecular formula is C20H26N4O4. The van der Waals surface area contributed by atoms with E-state index in [9.17, 15) is 4.79 Å². The van der Waals surface area contributed by atoms with Crippen LogP contribution in [0.15, 0.2) is 28.8 Å². The molecule has 1 unspecified atom stereocenters. The number of anilines is 1. The maximum Gasteiger partial charge on any atom is 0.265 e. The van der Waals surface area contributed by atoms with Gasteiger partial charge in [0.1, 0.15) is 5.75 Å². The van der Waals surface area contributed by atoms with Crippen LogP contribution in [0.5, 0.6) is 5.75 Å². The minimum absolute atomic E-state index is 0.00571. The van der Waals surface area contributed by atoms with E-state index in [1.165, 1.54) is 0 Å². The lowest BCUT2D eigenvalue weighted by molar-refractivity contribution is -0.142. The minimum atomic E-state index is -0.564. The van der Waals surface area contributed by atoms with Crippen LogP contribution in [0, 0.1) is 5.92 Å². The maximum atomic E-state index is 13.0. The van der Waals surface area contributed by atoms with E-state index >= 15 is 0 Å². The first-order valence-electron chi connectivity index (χ1n) is 9.79. The molecule has 8 heteroatoms. The third-order valence-electron chi connectivity index (χ3n) is 4.89. The quantitative estimate of drug-likeness (QED) is 0.776. The van der Waals surface area contributed by atoms with Gasteiger partial charge in [-0.1, -0.05) is 31.1 Å². The molecule has 0 aliphatic carbocycles. The minimum Gasteiger partial charge on any atom is -0.477 e. The van der Waals surface area contributed by atoms with E-state index in [2.05, 4.69) is 28.9 Å². The summed E-state index contributed by atoms with van der Waals surface area (Å²) in [5.41, 5.74) is 0.928. The Morgan fingerprint density at radius 1 is 1.25 bits per heavy atom. The number of benzene rings is 1. The number of rotatable bonds is 5. The second-order valence-corrected chi connectivity index (χ2v) is 7.59. The standard InChI is InChI=1S/C20H26N4O4/c1-14(2)11-18-21-19(28-22-18)13-24-12-17(20(25)23-7-9-26-10-8-23)27-16-6-4-3-5-15(16)24/h3-6,14,17H,7-13H2,1-2H3. The van der Waals surface area contributed by atoms with Crippen LogP contribution in [0.4, 0.5) is 5.69 Å². The van der Waals surface area contributed by atoms with Gasteiger partial charge < -0.3 is 23.8 Å². The van der Waals surface area contributed by atoms with Crippen molar-refractivity contribution in [1.29, 1.82) is 0 Å². The summed E-state index contributed by atoms with van der Waals surface area (Å²) < 4.78 is 16.8. The number of nitrogens with zero attached hydrogens (tertiary/aromatic N) is 4. The normalized spacial score (nSPS) is 19.5. The molecule has 150 valence electrons. The van der Waals surface area contributed by atoms with Crippen molar-refractivity contribution in [2.45, 2.75) is 32.9 Å². The molecule has 0 N–H and O–H groups in total. The molecule has 1 aromatic heterocycles. The molecule has 2 aliphatic heterocycles. The van der Waals surface area contributed by atoms with E-state index in [0.29, 0.717) is 62.8 Å². The number of hydrogen-bond donors (Lipinski definition) is 0. The third kappa shape index (κ3) is 4.11. The fourth-order valence-electron chi connectivity index (χ4n) is 3.54. The Hall–Kier alpha value is -2.61. The Balaban J connectivity index is 1.52. The number of morpholine rings is 1. The van der Waals surface area contributed by atoms with E-state index in [0.717, 1.165) is 12.1 Å². The Labute approximate surface area is 164 Å². The summed E-state index contributed by atoms with van der Waals surface area (Å²) >= 11 is 0. The lowest BCUT2D eigenvalue weighted by Gasteiger charge is -2.37. The van der Waals surface area contributed by atoms with E-state index in [1.54, 1.807) is 0 Å². The molecule has 28 heavy (non-hydrogen) atoms. The van der Waals surface area contributed by atoms with Gasteiger partial charge >= 0.3 is 0 Å². The summed E-state index contributed by atoms with van der Waals surface area (Å²) in [5, 5.41) is 4.07. The molecule has 1 atom stereocenters. The van der Waals surface area contributed by atoms with E-state index in [-0.39, 0.29) is 5.91 Å². The zero-order chi connectivity index (χ0) is 19.5. The zero-order valence-electron chi connectivity index (χ0n) is 16.3. The summed E-state index contributed by atoms with van der Waals surface area (Å²) in [6, 6.07) is 7.73. The summed E-state index contributed by atoms with van der Waals surface area (Å²) in [6.07, 6.45) is 0.215. The smallest absolute Gasteiger partial charge is 0.265 e. The van der Waals surface area contributed by atoms with Crippen molar-refractivity contribution < 1.29 is 18.8 Å². The van der Waals surface area contributed by atoms with E-state index < -0.39 is 6.10 Å². The third-order valence-corrected chi connectivity index (χ3v) is 4.89. The fraction of sp³-hybridized carbons (Fsp3) is 0.550. The molecule has 0 spiro atoms. The highest BCUT2D eigenvalue weighted by Gasteiger charge is 2.34.